The third-order valence-corrected chi connectivity index (χ3v) is 4.04. The Bertz CT molecular complexity index is 355. The number of carbonyl (C=O) groups is 1. The molecular formula is C14H26N4O. The van der Waals surface area contributed by atoms with Crippen LogP contribution >= 0.6 is 0 Å². The van der Waals surface area contributed by atoms with E-state index < -0.39 is 0 Å². The molecule has 1 amide bonds. The fourth-order valence-corrected chi connectivity index (χ4v) is 2.78. The Hall–Kier alpha value is -1.26. The van der Waals surface area contributed by atoms with Gasteiger partial charge in [0.15, 0.2) is 5.96 Å². The van der Waals surface area contributed by atoms with Crippen LogP contribution in [0.5, 0.6) is 0 Å². The summed E-state index contributed by atoms with van der Waals surface area (Å²) in [6, 6.07) is 0.585. The number of rotatable bonds is 4. The minimum atomic E-state index is -0.190. The minimum absolute atomic E-state index is 0.190. The molecule has 5 heteroatoms. The minimum Gasteiger partial charge on any atom is -0.370 e. The lowest BCUT2D eigenvalue weighted by atomic mass is 9.95. The van der Waals surface area contributed by atoms with Crippen LogP contribution in [-0.4, -0.2) is 42.4 Å². The zero-order valence-corrected chi connectivity index (χ0v) is 12.1. The van der Waals surface area contributed by atoms with Crippen LogP contribution in [0.4, 0.5) is 0 Å². The first-order valence-electron chi connectivity index (χ1n) is 7.44. The van der Waals surface area contributed by atoms with Crippen molar-refractivity contribution in [3.05, 3.63) is 0 Å². The summed E-state index contributed by atoms with van der Waals surface area (Å²) in [5.74, 6) is 1.97. The fraction of sp³-hybridized carbons (Fsp3) is 0.857. The highest BCUT2D eigenvalue weighted by atomic mass is 16.1. The number of likely N-dealkylation sites (tertiary alicyclic amines) is 1. The van der Waals surface area contributed by atoms with Crippen molar-refractivity contribution in [1.82, 2.24) is 10.2 Å². The summed E-state index contributed by atoms with van der Waals surface area (Å²) in [5.41, 5.74) is 5.31. The molecule has 0 spiro atoms. The van der Waals surface area contributed by atoms with E-state index in [1.54, 1.807) is 0 Å². The molecule has 0 bridgehead atoms. The van der Waals surface area contributed by atoms with Gasteiger partial charge in [-0.15, -0.1) is 0 Å². The normalized spacial score (nSPS) is 31.2. The van der Waals surface area contributed by atoms with Crippen LogP contribution in [0.3, 0.4) is 0 Å². The van der Waals surface area contributed by atoms with Gasteiger partial charge in [0, 0.05) is 32.1 Å². The third kappa shape index (κ3) is 4.11. The van der Waals surface area contributed by atoms with Crippen molar-refractivity contribution in [2.75, 3.05) is 19.6 Å². The molecule has 1 aliphatic heterocycles. The molecule has 1 heterocycles. The lowest BCUT2D eigenvalue weighted by Gasteiger charge is -2.35. The highest BCUT2D eigenvalue weighted by Crippen LogP contribution is 2.29. The smallest absolute Gasteiger partial charge is 0.217 e. The van der Waals surface area contributed by atoms with Crippen molar-refractivity contribution >= 4 is 11.9 Å². The number of nitrogens with two attached hydrogens (primary N) is 1. The molecule has 3 unspecified atom stereocenters. The van der Waals surface area contributed by atoms with Crippen LogP contribution < -0.4 is 11.1 Å². The van der Waals surface area contributed by atoms with E-state index in [-0.39, 0.29) is 5.91 Å². The van der Waals surface area contributed by atoms with Crippen LogP contribution in [0.1, 0.15) is 39.5 Å². The molecule has 5 nitrogen and oxygen atoms in total. The SMILES string of the molecule is CCN=C(NC1CC1C)N1CCCC(CC(N)=O)C1. The van der Waals surface area contributed by atoms with E-state index in [1.807, 2.05) is 0 Å². The van der Waals surface area contributed by atoms with Crippen LogP contribution in [0.25, 0.3) is 0 Å². The van der Waals surface area contributed by atoms with Gasteiger partial charge in [0.05, 0.1) is 0 Å². The van der Waals surface area contributed by atoms with Gasteiger partial charge in [-0.3, -0.25) is 9.79 Å². The number of carbonyl (C=O) groups excluding carboxylic acids is 1. The summed E-state index contributed by atoms with van der Waals surface area (Å²) in [6.07, 6.45) is 3.94. The Morgan fingerprint density at radius 2 is 2.26 bits per heavy atom. The largest absolute Gasteiger partial charge is 0.370 e. The van der Waals surface area contributed by atoms with Gasteiger partial charge < -0.3 is 16.0 Å². The fourth-order valence-electron chi connectivity index (χ4n) is 2.78. The summed E-state index contributed by atoms with van der Waals surface area (Å²) in [7, 11) is 0. The van der Waals surface area contributed by atoms with E-state index in [2.05, 4.69) is 29.1 Å². The van der Waals surface area contributed by atoms with E-state index in [9.17, 15) is 4.79 Å². The zero-order chi connectivity index (χ0) is 13.8. The Kier molecular flexibility index (Phi) is 4.66. The van der Waals surface area contributed by atoms with Gasteiger partial charge in [-0.2, -0.15) is 0 Å². The number of aliphatic imine (C=N–C) groups is 1. The monoisotopic (exact) mass is 266 g/mol. The van der Waals surface area contributed by atoms with Crippen molar-refractivity contribution in [2.45, 2.75) is 45.6 Å². The van der Waals surface area contributed by atoms with E-state index >= 15 is 0 Å². The molecule has 1 aliphatic carbocycles. The summed E-state index contributed by atoms with van der Waals surface area (Å²) in [6.45, 7) is 7.04. The van der Waals surface area contributed by atoms with E-state index in [0.717, 1.165) is 44.4 Å². The molecule has 19 heavy (non-hydrogen) atoms. The van der Waals surface area contributed by atoms with Gasteiger partial charge in [0.25, 0.3) is 0 Å². The molecule has 2 aliphatic rings. The van der Waals surface area contributed by atoms with Gasteiger partial charge in [-0.1, -0.05) is 6.92 Å². The maximum Gasteiger partial charge on any atom is 0.217 e. The number of amides is 1. The average Bonchev–Trinajstić information content (AvgIpc) is 3.04. The molecule has 0 radical (unpaired) electrons. The zero-order valence-electron chi connectivity index (χ0n) is 12.1. The van der Waals surface area contributed by atoms with E-state index in [0.29, 0.717) is 18.4 Å². The summed E-state index contributed by atoms with van der Waals surface area (Å²) < 4.78 is 0. The Morgan fingerprint density at radius 3 is 2.84 bits per heavy atom. The summed E-state index contributed by atoms with van der Waals surface area (Å²) in [4.78, 5) is 17.9. The predicted octanol–water partition coefficient (Wildman–Crippen LogP) is 0.948. The standard InChI is InChI=1S/C14H26N4O/c1-3-16-14(17-12-7-10(12)2)18-6-4-5-11(9-18)8-13(15)19/h10-12H,3-9H2,1-2H3,(H2,15,19)(H,16,17). The van der Waals surface area contributed by atoms with Crippen molar-refractivity contribution in [3.8, 4) is 0 Å². The number of hydrogen-bond acceptors (Lipinski definition) is 2. The molecular weight excluding hydrogens is 240 g/mol. The number of guanidine groups is 1. The van der Waals surface area contributed by atoms with Crippen molar-refractivity contribution in [1.29, 1.82) is 0 Å². The number of nitrogens with zero attached hydrogens (tertiary/aromatic N) is 2. The van der Waals surface area contributed by atoms with E-state index in [4.69, 9.17) is 5.73 Å². The second-order valence-corrected chi connectivity index (χ2v) is 5.89. The summed E-state index contributed by atoms with van der Waals surface area (Å²) in [5, 5.41) is 3.54. The van der Waals surface area contributed by atoms with Gasteiger partial charge in [0.1, 0.15) is 0 Å². The first-order chi connectivity index (χ1) is 9.10. The molecule has 2 rings (SSSR count). The second-order valence-electron chi connectivity index (χ2n) is 5.89. The van der Waals surface area contributed by atoms with Crippen molar-refractivity contribution in [3.63, 3.8) is 0 Å². The Labute approximate surface area is 115 Å². The third-order valence-electron chi connectivity index (χ3n) is 4.04. The Balaban J connectivity index is 1.92. The average molecular weight is 266 g/mol. The molecule has 3 N–H and O–H groups in total. The van der Waals surface area contributed by atoms with Crippen LogP contribution in [-0.2, 0) is 4.79 Å². The first-order valence-corrected chi connectivity index (χ1v) is 7.44. The lowest BCUT2D eigenvalue weighted by molar-refractivity contribution is -0.119. The number of primary amides is 1. The molecule has 1 saturated heterocycles. The van der Waals surface area contributed by atoms with E-state index in [1.165, 1.54) is 6.42 Å². The molecule has 0 aromatic rings. The maximum absolute atomic E-state index is 11.1. The van der Waals surface area contributed by atoms with Crippen LogP contribution in [0, 0.1) is 11.8 Å². The molecule has 0 aromatic carbocycles. The van der Waals surface area contributed by atoms with Crippen LogP contribution in [0.15, 0.2) is 4.99 Å². The van der Waals surface area contributed by atoms with Gasteiger partial charge in [-0.05, 0) is 38.0 Å². The second kappa shape index (κ2) is 6.26. The number of piperidine rings is 1. The van der Waals surface area contributed by atoms with Crippen molar-refractivity contribution in [2.24, 2.45) is 22.6 Å². The first kappa shape index (κ1) is 14.2. The van der Waals surface area contributed by atoms with Gasteiger partial charge in [0.2, 0.25) is 5.91 Å². The highest BCUT2D eigenvalue weighted by Gasteiger charge is 2.35. The molecule has 108 valence electrons. The lowest BCUT2D eigenvalue weighted by Crippen LogP contribution is -2.48. The predicted molar refractivity (Wildman–Crippen MR) is 76.8 cm³/mol. The van der Waals surface area contributed by atoms with Gasteiger partial charge in [-0.25, -0.2) is 0 Å². The molecule has 1 saturated carbocycles. The summed E-state index contributed by atoms with van der Waals surface area (Å²) >= 11 is 0. The number of hydrogen-bond donors (Lipinski definition) is 2. The number of nitrogens with one attached hydrogen (secondary N) is 1. The quantitative estimate of drug-likeness (QED) is 0.588. The Morgan fingerprint density at radius 1 is 1.53 bits per heavy atom. The molecule has 2 fully saturated rings. The van der Waals surface area contributed by atoms with Crippen molar-refractivity contribution < 1.29 is 4.79 Å². The molecule has 3 atom stereocenters. The van der Waals surface area contributed by atoms with Crippen LogP contribution in [0.2, 0.25) is 0 Å². The topological polar surface area (TPSA) is 70.7 Å². The molecule has 0 aromatic heterocycles. The maximum atomic E-state index is 11.1. The van der Waals surface area contributed by atoms with Gasteiger partial charge >= 0.3 is 0 Å². The highest BCUT2D eigenvalue weighted by molar-refractivity contribution is 5.81.